The van der Waals surface area contributed by atoms with Crippen molar-refractivity contribution < 1.29 is 9.90 Å². The Labute approximate surface area is 124 Å². The topological polar surface area (TPSA) is 67.2 Å². The Morgan fingerprint density at radius 3 is 2.90 bits per heavy atom. The summed E-state index contributed by atoms with van der Waals surface area (Å²) in [6, 6.07) is 0. The van der Waals surface area contributed by atoms with Crippen LogP contribution < -0.4 is 5.32 Å². The van der Waals surface area contributed by atoms with E-state index in [9.17, 15) is 9.90 Å². The molecule has 0 atom stereocenters. The van der Waals surface area contributed by atoms with Crippen LogP contribution >= 0.6 is 11.8 Å². The zero-order valence-corrected chi connectivity index (χ0v) is 13.0. The molecule has 1 aromatic rings. The Morgan fingerprint density at radius 2 is 2.25 bits per heavy atom. The molecule has 2 N–H and O–H groups in total. The summed E-state index contributed by atoms with van der Waals surface area (Å²) in [7, 11) is 0. The number of amides is 1. The number of nitrogens with zero attached hydrogens (tertiary/aromatic N) is 2. The van der Waals surface area contributed by atoms with E-state index < -0.39 is 5.60 Å². The lowest BCUT2D eigenvalue weighted by molar-refractivity contribution is -0.134. The van der Waals surface area contributed by atoms with E-state index in [-0.39, 0.29) is 5.91 Å². The first-order valence-corrected chi connectivity index (χ1v) is 8.36. The van der Waals surface area contributed by atoms with Crippen molar-refractivity contribution in [3.8, 4) is 0 Å². The number of rotatable bonds is 5. The molecule has 0 aromatic carbocycles. The SMILES string of the molecule is CCCCn1ncc(NC(=O)C2(O)CCSCC2)c1C. The zero-order valence-electron chi connectivity index (χ0n) is 12.2. The maximum absolute atomic E-state index is 12.3. The molecule has 2 rings (SSSR count). The number of aromatic nitrogens is 2. The van der Waals surface area contributed by atoms with Crippen LogP contribution in [0.25, 0.3) is 0 Å². The predicted molar refractivity (Wildman–Crippen MR) is 82.0 cm³/mol. The molecule has 0 bridgehead atoms. The van der Waals surface area contributed by atoms with Gasteiger partial charge in [-0.2, -0.15) is 16.9 Å². The summed E-state index contributed by atoms with van der Waals surface area (Å²) < 4.78 is 1.90. The van der Waals surface area contributed by atoms with Crippen LogP contribution in [-0.2, 0) is 11.3 Å². The zero-order chi connectivity index (χ0) is 14.6. The molecule has 20 heavy (non-hydrogen) atoms. The molecule has 1 fully saturated rings. The maximum Gasteiger partial charge on any atom is 0.256 e. The van der Waals surface area contributed by atoms with Crippen LogP contribution in [0.2, 0.25) is 0 Å². The Bertz CT molecular complexity index is 467. The highest BCUT2D eigenvalue weighted by Gasteiger charge is 2.37. The van der Waals surface area contributed by atoms with Gasteiger partial charge in [-0.1, -0.05) is 13.3 Å². The van der Waals surface area contributed by atoms with Crippen LogP contribution in [0.4, 0.5) is 5.69 Å². The summed E-state index contributed by atoms with van der Waals surface area (Å²) in [6.07, 6.45) is 4.89. The molecule has 5 nitrogen and oxygen atoms in total. The minimum Gasteiger partial charge on any atom is -0.380 e. The monoisotopic (exact) mass is 297 g/mol. The van der Waals surface area contributed by atoms with Crippen molar-refractivity contribution >= 4 is 23.4 Å². The third kappa shape index (κ3) is 3.35. The molecule has 2 heterocycles. The second kappa shape index (κ2) is 6.63. The first-order chi connectivity index (χ1) is 9.57. The van der Waals surface area contributed by atoms with Crippen LogP contribution in [0.3, 0.4) is 0 Å². The van der Waals surface area contributed by atoms with Crippen molar-refractivity contribution in [2.45, 2.75) is 51.7 Å². The fourth-order valence-electron chi connectivity index (χ4n) is 2.28. The number of thioether (sulfide) groups is 1. The van der Waals surface area contributed by atoms with Gasteiger partial charge in [-0.05, 0) is 37.7 Å². The van der Waals surface area contributed by atoms with Crippen molar-refractivity contribution in [2.24, 2.45) is 0 Å². The standard InChI is InChI=1S/C14H23N3O2S/c1-3-4-7-17-11(2)12(10-15-17)16-13(18)14(19)5-8-20-9-6-14/h10,19H,3-9H2,1-2H3,(H,16,18). The number of aliphatic hydroxyl groups is 1. The number of hydrogen-bond donors (Lipinski definition) is 2. The number of hydrogen-bond acceptors (Lipinski definition) is 4. The molecule has 112 valence electrons. The van der Waals surface area contributed by atoms with Crippen LogP contribution in [0, 0.1) is 6.92 Å². The number of carbonyl (C=O) groups is 1. The lowest BCUT2D eigenvalue weighted by Crippen LogP contribution is -2.45. The van der Waals surface area contributed by atoms with Gasteiger partial charge in [0.05, 0.1) is 17.6 Å². The molecular formula is C14H23N3O2S. The molecule has 6 heteroatoms. The van der Waals surface area contributed by atoms with E-state index in [1.165, 1.54) is 0 Å². The van der Waals surface area contributed by atoms with E-state index in [1.807, 2.05) is 11.6 Å². The van der Waals surface area contributed by atoms with E-state index in [2.05, 4.69) is 17.3 Å². The van der Waals surface area contributed by atoms with Gasteiger partial charge in [0.15, 0.2) is 0 Å². The molecule has 0 unspecified atom stereocenters. The largest absolute Gasteiger partial charge is 0.380 e. The Balaban J connectivity index is 2.02. The molecule has 1 amide bonds. The summed E-state index contributed by atoms with van der Waals surface area (Å²) in [4.78, 5) is 12.3. The number of anilines is 1. The van der Waals surface area contributed by atoms with E-state index in [4.69, 9.17) is 0 Å². The highest BCUT2D eigenvalue weighted by molar-refractivity contribution is 7.99. The smallest absolute Gasteiger partial charge is 0.256 e. The second-order valence-corrected chi connectivity index (χ2v) is 6.54. The van der Waals surface area contributed by atoms with E-state index in [0.717, 1.165) is 36.6 Å². The first kappa shape index (κ1) is 15.4. The van der Waals surface area contributed by atoms with Gasteiger partial charge in [0.2, 0.25) is 0 Å². The lowest BCUT2D eigenvalue weighted by atomic mass is 9.96. The fourth-order valence-corrected chi connectivity index (χ4v) is 3.45. The summed E-state index contributed by atoms with van der Waals surface area (Å²) in [5.41, 5.74) is 0.432. The summed E-state index contributed by atoms with van der Waals surface area (Å²) in [6.45, 7) is 4.94. The van der Waals surface area contributed by atoms with Crippen molar-refractivity contribution in [1.29, 1.82) is 0 Å². The third-order valence-electron chi connectivity index (χ3n) is 3.82. The number of unbranched alkanes of at least 4 members (excludes halogenated alkanes) is 1. The van der Waals surface area contributed by atoms with E-state index in [1.54, 1.807) is 18.0 Å². The first-order valence-electron chi connectivity index (χ1n) is 7.21. The second-order valence-electron chi connectivity index (χ2n) is 5.32. The molecule has 1 aliphatic heterocycles. The van der Waals surface area contributed by atoms with Gasteiger partial charge in [0.1, 0.15) is 5.60 Å². The van der Waals surface area contributed by atoms with Crippen LogP contribution in [0.5, 0.6) is 0 Å². The van der Waals surface area contributed by atoms with Crippen molar-refractivity contribution in [3.05, 3.63) is 11.9 Å². The quantitative estimate of drug-likeness (QED) is 0.874. The molecule has 0 radical (unpaired) electrons. The van der Waals surface area contributed by atoms with Crippen LogP contribution in [-0.4, -0.2) is 37.9 Å². The van der Waals surface area contributed by atoms with Gasteiger partial charge >= 0.3 is 0 Å². The molecule has 1 saturated heterocycles. The molecule has 0 saturated carbocycles. The minimum absolute atomic E-state index is 0.295. The average molecular weight is 297 g/mol. The van der Waals surface area contributed by atoms with E-state index in [0.29, 0.717) is 18.5 Å². The van der Waals surface area contributed by atoms with Gasteiger partial charge in [0.25, 0.3) is 5.91 Å². The van der Waals surface area contributed by atoms with Gasteiger partial charge in [-0.3, -0.25) is 9.48 Å². The lowest BCUT2D eigenvalue weighted by Gasteiger charge is -2.30. The number of aryl methyl sites for hydroxylation is 1. The van der Waals surface area contributed by atoms with Gasteiger partial charge < -0.3 is 10.4 Å². The molecule has 0 spiro atoms. The minimum atomic E-state index is -1.22. The molecule has 1 aromatic heterocycles. The van der Waals surface area contributed by atoms with Crippen molar-refractivity contribution in [3.63, 3.8) is 0 Å². The Hall–Kier alpha value is -1.01. The summed E-state index contributed by atoms with van der Waals surface area (Å²) >= 11 is 1.78. The third-order valence-corrected chi connectivity index (χ3v) is 4.80. The van der Waals surface area contributed by atoms with Gasteiger partial charge in [0, 0.05) is 6.54 Å². The Kier molecular flexibility index (Phi) is 5.10. The van der Waals surface area contributed by atoms with Crippen molar-refractivity contribution in [2.75, 3.05) is 16.8 Å². The van der Waals surface area contributed by atoms with E-state index >= 15 is 0 Å². The van der Waals surface area contributed by atoms with Gasteiger partial charge in [-0.25, -0.2) is 0 Å². The molecule has 1 aliphatic rings. The number of carbonyl (C=O) groups excluding carboxylic acids is 1. The number of nitrogens with one attached hydrogen (secondary N) is 1. The summed E-state index contributed by atoms with van der Waals surface area (Å²) in [5.74, 6) is 1.37. The normalized spacial score (nSPS) is 17.9. The maximum atomic E-state index is 12.3. The van der Waals surface area contributed by atoms with Gasteiger partial charge in [-0.15, -0.1) is 0 Å². The average Bonchev–Trinajstić information content (AvgIpc) is 2.78. The van der Waals surface area contributed by atoms with Crippen LogP contribution in [0.15, 0.2) is 6.20 Å². The Morgan fingerprint density at radius 1 is 1.55 bits per heavy atom. The fraction of sp³-hybridized carbons (Fsp3) is 0.714. The summed E-state index contributed by atoms with van der Waals surface area (Å²) in [5, 5.41) is 17.5. The molecule has 0 aliphatic carbocycles. The highest BCUT2D eigenvalue weighted by Crippen LogP contribution is 2.28. The highest BCUT2D eigenvalue weighted by atomic mass is 32.2. The molecular weight excluding hydrogens is 274 g/mol. The van der Waals surface area contributed by atoms with Crippen molar-refractivity contribution in [1.82, 2.24) is 9.78 Å². The predicted octanol–water partition coefficient (Wildman–Crippen LogP) is 2.19. The van der Waals surface area contributed by atoms with Crippen LogP contribution in [0.1, 0.15) is 38.3 Å².